The van der Waals surface area contributed by atoms with Gasteiger partial charge in [0, 0.05) is 6.08 Å². The topological polar surface area (TPSA) is 163 Å². The van der Waals surface area contributed by atoms with Gasteiger partial charge in [-0.15, -0.1) is 0 Å². The number of phenolic OH excluding ortho intramolecular Hbond substituents is 1. The molecule has 0 bridgehead atoms. The molecule has 0 radical (unpaired) electrons. The van der Waals surface area contributed by atoms with E-state index in [9.17, 15) is 34.2 Å². The fourth-order valence-electron chi connectivity index (χ4n) is 6.28. The van der Waals surface area contributed by atoms with Crippen LogP contribution in [-0.2, 0) is 20.7 Å². The van der Waals surface area contributed by atoms with Crippen molar-refractivity contribution in [2.75, 3.05) is 7.11 Å². The molecule has 0 amide bonds. The van der Waals surface area contributed by atoms with Crippen molar-refractivity contribution < 1.29 is 53.1 Å². The predicted octanol–water partition coefficient (Wildman–Crippen LogP) is 7.51. The number of carboxylic acids is 1. The summed E-state index contributed by atoms with van der Waals surface area (Å²) in [6.45, 7) is 15.2. The van der Waals surface area contributed by atoms with Crippen LogP contribution in [0.5, 0.6) is 23.0 Å². The van der Waals surface area contributed by atoms with E-state index in [4.69, 9.17) is 18.9 Å². The average molecular weight is 764 g/mol. The first-order valence-corrected chi connectivity index (χ1v) is 16.8. The number of carbonyl (C=O) groups excluding carboxylic acids is 4. The highest BCUT2D eigenvalue weighted by Crippen LogP contribution is 2.43. The van der Waals surface area contributed by atoms with Crippen LogP contribution >= 0.6 is 15.9 Å². The third kappa shape index (κ3) is 7.05. The molecule has 2 N–H and O–H groups in total. The normalized spacial score (nSPS) is 13.8. The predicted molar refractivity (Wildman–Crippen MR) is 191 cm³/mol. The summed E-state index contributed by atoms with van der Waals surface area (Å²) in [5.41, 5.74) is 4.57. The average Bonchev–Trinajstić information content (AvgIpc) is 3.06. The number of aryl methyl sites for hydroxylation is 1. The van der Waals surface area contributed by atoms with Gasteiger partial charge >= 0.3 is 23.9 Å². The maximum Gasteiger partial charge on any atom is 0.347 e. The summed E-state index contributed by atoms with van der Waals surface area (Å²) in [6.07, 6.45) is 4.14. The van der Waals surface area contributed by atoms with E-state index in [1.54, 1.807) is 61.5 Å². The summed E-state index contributed by atoms with van der Waals surface area (Å²) in [5.74, 6) is -4.66. The lowest BCUT2D eigenvalue weighted by Crippen LogP contribution is -2.25. The summed E-state index contributed by atoms with van der Waals surface area (Å²) in [6, 6.07) is 1.55. The van der Waals surface area contributed by atoms with E-state index in [1.807, 2.05) is 6.92 Å². The Kier molecular flexibility index (Phi) is 11.3. The number of halogens is 1. The number of allylic oxidation sites excluding steroid dienone is 2. The van der Waals surface area contributed by atoms with Gasteiger partial charge in [-0.2, -0.15) is 0 Å². The number of ether oxygens (including phenoxy) is 4. The van der Waals surface area contributed by atoms with Crippen molar-refractivity contribution in [3.05, 3.63) is 101 Å². The van der Waals surface area contributed by atoms with Gasteiger partial charge in [0.25, 0.3) is 0 Å². The van der Waals surface area contributed by atoms with E-state index in [-0.39, 0.29) is 55.5 Å². The molecule has 1 aliphatic rings. The summed E-state index contributed by atoms with van der Waals surface area (Å²) < 4.78 is 22.5. The molecule has 268 valence electrons. The fraction of sp³-hybridized carbons (Fsp3) is 0.308. The number of benzene rings is 3. The molecule has 0 heterocycles. The van der Waals surface area contributed by atoms with Crippen LogP contribution in [0.25, 0.3) is 0 Å². The van der Waals surface area contributed by atoms with E-state index < -0.39 is 35.5 Å². The van der Waals surface area contributed by atoms with Gasteiger partial charge in [0.1, 0.15) is 39.0 Å². The fourth-order valence-corrected chi connectivity index (χ4v) is 6.85. The van der Waals surface area contributed by atoms with Crippen molar-refractivity contribution in [1.29, 1.82) is 0 Å². The van der Waals surface area contributed by atoms with E-state index in [0.717, 1.165) is 0 Å². The Morgan fingerprint density at radius 2 is 1.31 bits per heavy atom. The summed E-state index contributed by atoms with van der Waals surface area (Å²) in [7, 11) is 1.33. The molecule has 0 fully saturated rings. The highest BCUT2D eigenvalue weighted by Gasteiger charge is 2.32. The van der Waals surface area contributed by atoms with Gasteiger partial charge in [-0.1, -0.05) is 13.0 Å². The molecule has 0 aliphatic heterocycles. The van der Waals surface area contributed by atoms with Crippen molar-refractivity contribution in [3.63, 3.8) is 0 Å². The minimum Gasteiger partial charge on any atom is -0.506 e. The number of hydrogen-bond donors (Lipinski definition) is 2. The van der Waals surface area contributed by atoms with Crippen LogP contribution in [0.3, 0.4) is 0 Å². The number of carboxylic acid groups (broad SMARTS) is 1. The number of methoxy groups -OCH3 is 1. The number of rotatable bonds is 9. The van der Waals surface area contributed by atoms with Crippen LogP contribution in [-0.4, -0.2) is 47.0 Å². The molecule has 51 heavy (non-hydrogen) atoms. The van der Waals surface area contributed by atoms with Gasteiger partial charge in [-0.05, 0) is 140 Å². The van der Waals surface area contributed by atoms with Gasteiger partial charge in [0.2, 0.25) is 0 Å². The summed E-state index contributed by atoms with van der Waals surface area (Å²) >= 11 is 3.26. The molecule has 0 saturated heterocycles. The zero-order chi connectivity index (χ0) is 38.2. The number of carbonyl (C=O) groups is 5. The Labute approximate surface area is 304 Å². The minimum absolute atomic E-state index is 0.0236. The number of hydrogen-bond acceptors (Lipinski definition) is 10. The van der Waals surface area contributed by atoms with Gasteiger partial charge in [-0.25, -0.2) is 14.4 Å². The molecule has 0 saturated carbocycles. The zero-order valence-electron chi connectivity index (χ0n) is 30.0. The number of phenols is 1. The van der Waals surface area contributed by atoms with Crippen LogP contribution in [0.15, 0.2) is 34.5 Å². The van der Waals surface area contributed by atoms with Gasteiger partial charge in [0.15, 0.2) is 11.5 Å². The van der Waals surface area contributed by atoms with Crippen LogP contribution in [0, 0.1) is 61.3 Å². The Morgan fingerprint density at radius 1 is 0.765 bits per heavy atom. The lowest BCUT2D eigenvalue weighted by Gasteiger charge is -2.22. The highest BCUT2D eigenvalue weighted by molar-refractivity contribution is 9.10. The molecule has 4 rings (SSSR count). The Bertz CT molecular complexity index is 2040. The number of esters is 3. The van der Waals surface area contributed by atoms with Crippen molar-refractivity contribution in [2.24, 2.45) is 5.92 Å². The Morgan fingerprint density at radius 3 is 1.86 bits per heavy atom. The van der Waals surface area contributed by atoms with Gasteiger partial charge in [0.05, 0.1) is 18.2 Å². The largest absolute Gasteiger partial charge is 0.506 e. The second-order valence-electron chi connectivity index (χ2n) is 12.3. The summed E-state index contributed by atoms with van der Waals surface area (Å²) in [5, 5.41) is 20.9. The van der Waals surface area contributed by atoms with Crippen LogP contribution in [0.2, 0.25) is 0 Å². The van der Waals surface area contributed by atoms with Crippen LogP contribution in [0.4, 0.5) is 0 Å². The number of ketones is 1. The zero-order valence-corrected chi connectivity index (χ0v) is 31.6. The van der Waals surface area contributed by atoms with Crippen molar-refractivity contribution in [1.82, 2.24) is 0 Å². The van der Waals surface area contributed by atoms with E-state index >= 15 is 0 Å². The van der Waals surface area contributed by atoms with Crippen molar-refractivity contribution >= 4 is 45.6 Å². The first-order chi connectivity index (χ1) is 23.9. The smallest absolute Gasteiger partial charge is 0.347 e. The molecule has 1 unspecified atom stereocenters. The maximum atomic E-state index is 13.7. The second-order valence-corrected chi connectivity index (χ2v) is 13.1. The third-order valence-electron chi connectivity index (χ3n) is 9.45. The molecule has 12 heteroatoms. The first kappa shape index (κ1) is 38.6. The lowest BCUT2D eigenvalue weighted by molar-refractivity contribution is -0.137. The molecule has 3 aromatic rings. The number of aromatic carboxylic acids is 1. The second kappa shape index (κ2) is 14.9. The monoisotopic (exact) mass is 762 g/mol. The quantitative estimate of drug-likeness (QED) is 0.164. The molecule has 1 aliphatic carbocycles. The molecule has 3 aromatic carbocycles. The van der Waals surface area contributed by atoms with E-state index in [1.165, 1.54) is 25.3 Å². The van der Waals surface area contributed by atoms with Crippen LogP contribution in [0.1, 0.15) is 88.1 Å². The number of aromatic hydroxyl groups is 1. The van der Waals surface area contributed by atoms with Crippen molar-refractivity contribution in [2.45, 2.75) is 68.7 Å². The van der Waals surface area contributed by atoms with Crippen LogP contribution < -0.4 is 14.2 Å². The third-order valence-corrected chi connectivity index (χ3v) is 10.2. The standard InChI is InChI=1S/C39H39BrO11/c1-11-25-23(9)29(38(46)50-34-20(6)17(3)30(36(43)44)18(4)21(34)7)16(2)14-28(25)49-39(47)31-19(5)22(8)35(32(40)33(31)42)51-37(45)26-13-12-24(41)15-27(26)48-10/h12-15,26,42H,11H2,1-10H3,(H,43,44). The molecular weight excluding hydrogens is 724 g/mol. The minimum atomic E-state index is -1.06. The first-order valence-electron chi connectivity index (χ1n) is 16.0. The van der Waals surface area contributed by atoms with Gasteiger partial charge < -0.3 is 29.2 Å². The molecule has 1 atom stereocenters. The molecule has 0 aromatic heterocycles. The molecule has 0 spiro atoms. The molecular formula is C39H39BrO11. The SMILES string of the molecule is CCc1c(OC(=O)c2c(C)c(C)c(OC(=O)C3C=CC(=O)C=C3OC)c(Br)c2O)cc(C)c(C(=O)Oc2c(C)c(C)c(C(=O)O)c(C)c2C)c1C. The Hall–Kier alpha value is -5.23. The highest BCUT2D eigenvalue weighted by atomic mass is 79.9. The van der Waals surface area contributed by atoms with Gasteiger partial charge in [-0.3, -0.25) is 9.59 Å². The molecule has 11 nitrogen and oxygen atoms in total. The summed E-state index contributed by atoms with van der Waals surface area (Å²) in [4.78, 5) is 64.1. The maximum absolute atomic E-state index is 13.7. The Balaban J connectivity index is 1.67. The lowest BCUT2D eigenvalue weighted by atomic mass is 9.92. The van der Waals surface area contributed by atoms with E-state index in [2.05, 4.69) is 15.9 Å². The van der Waals surface area contributed by atoms with E-state index in [0.29, 0.717) is 50.9 Å². The van der Waals surface area contributed by atoms with Crippen molar-refractivity contribution in [3.8, 4) is 23.0 Å².